The lowest BCUT2D eigenvalue weighted by Crippen LogP contribution is -2.08. The van der Waals surface area contributed by atoms with Crippen LogP contribution in [0.3, 0.4) is 0 Å². The number of hydrogen-bond donors (Lipinski definition) is 1. The molecule has 0 aliphatic rings. The smallest absolute Gasteiger partial charge is 0.304 e. The molecule has 0 spiro atoms. The lowest BCUT2D eigenvalue weighted by Gasteiger charge is -2.06. The zero-order chi connectivity index (χ0) is 14.1. The summed E-state index contributed by atoms with van der Waals surface area (Å²) >= 11 is 10.4. The van der Waals surface area contributed by atoms with E-state index in [0.29, 0.717) is 18.8 Å². The number of aromatic nitrogens is 4. The highest BCUT2D eigenvalue weighted by atomic mass is 79.9. The second kappa shape index (κ2) is 5.67. The number of fused-ring (bicyclic) bond motifs is 1. The highest BCUT2D eigenvalue weighted by molar-refractivity contribution is 9.10. The average molecular weight is 374 g/mol. The van der Waals surface area contributed by atoms with Crippen LogP contribution < -0.4 is 4.87 Å². The number of aryl methyl sites for hydroxylation is 1. The van der Waals surface area contributed by atoms with Crippen molar-refractivity contribution in [3.63, 3.8) is 0 Å². The van der Waals surface area contributed by atoms with E-state index in [1.165, 1.54) is 0 Å². The summed E-state index contributed by atoms with van der Waals surface area (Å²) in [4.78, 5) is 23.0. The van der Waals surface area contributed by atoms with E-state index in [2.05, 4.69) is 30.9 Å². The molecule has 3 aromatic rings. The topological polar surface area (TPSA) is 63.6 Å². The molecule has 3 rings (SSSR count). The van der Waals surface area contributed by atoms with Gasteiger partial charge < -0.3 is 9.55 Å². The molecule has 5 nitrogen and oxygen atoms in total. The van der Waals surface area contributed by atoms with Crippen molar-refractivity contribution in [2.24, 2.45) is 0 Å². The number of rotatable bonds is 4. The monoisotopic (exact) mass is 372 g/mol. The molecule has 8 heteroatoms. The van der Waals surface area contributed by atoms with Crippen molar-refractivity contribution in [2.75, 3.05) is 5.88 Å². The van der Waals surface area contributed by atoms with Gasteiger partial charge in [0.2, 0.25) is 0 Å². The number of H-pyrrole nitrogens is 1. The number of hydrogen-bond acceptors (Lipinski definition) is 4. The van der Waals surface area contributed by atoms with Crippen molar-refractivity contribution in [1.82, 2.24) is 19.5 Å². The van der Waals surface area contributed by atoms with Crippen LogP contribution in [0.2, 0.25) is 0 Å². The van der Waals surface area contributed by atoms with Gasteiger partial charge in [0.25, 0.3) is 0 Å². The molecule has 0 fully saturated rings. The number of pyridine rings is 1. The minimum absolute atomic E-state index is 0.0565. The molecule has 20 heavy (non-hydrogen) atoms. The van der Waals surface area contributed by atoms with Gasteiger partial charge in [0, 0.05) is 34.0 Å². The fourth-order valence-corrected chi connectivity index (χ4v) is 3.10. The van der Waals surface area contributed by atoms with Crippen LogP contribution in [0.5, 0.6) is 0 Å². The second-order valence-corrected chi connectivity index (χ2v) is 6.36. The van der Waals surface area contributed by atoms with Crippen molar-refractivity contribution in [2.45, 2.75) is 13.0 Å². The summed E-state index contributed by atoms with van der Waals surface area (Å²) in [5, 5.41) is 1.82. The average Bonchev–Trinajstić information content (AvgIpc) is 2.95. The summed E-state index contributed by atoms with van der Waals surface area (Å²) in [6.45, 7) is 0.538. The molecule has 0 bridgehead atoms. The van der Waals surface area contributed by atoms with E-state index in [4.69, 9.17) is 11.6 Å². The van der Waals surface area contributed by atoms with Crippen molar-refractivity contribution in [1.29, 1.82) is 0 Å². The first kappa shape index (κ1) is 13.8. The highest BCUT2D eigenvalue weighted by Gasteiger charge is 2.13. The predicted molar refractivity (Wildman–Crippen MR) is 83.7 cm³/mol. The molecule has 0 saturated heterocycles. The first-order chi connectivity index (χ1) is 9.67. The van der Waals surface area contributed by atoms with Gasteiger partial charge in [-0.15, -0.1) is 11.6 Å². The van der Waals surface area contributed by atoms with E-state index in [0.717, 1.165) is 38.5 Å². The molecule has 104 valence electrons. The van der Waals surface area contributed by atoms with Gasteiger partial charge in [-0.05, 0) is 22.0 Å². The Hall–Kier alpha value is -1.18. The van der Waals surface area contributed by atoms with Crippen LogP contribution in [0.1, 0.15) is 11.5 Å². The van der Waals surface area contributed by atoms with Crippen LogP contribution in [-0.4, -0.2) is 25.4 Å². The fraction of sp³-hybridized carbons (Fsp3) is 0.250. The molecule has 0 aliphatic heterocycles. The van der Waals surface area contributed by atoms with Gasteiger partial charge in [0.15, 0.2) is 5.65 Å². The van der Waals surface area contributed by atoms with Crippen LogP contribution in [0, 0.1) is 0 Å². The molecule has 0 saturated carbocycles. The quantitative estimate of drug-likeness (QED) is 0.715. The van der Waals surface area contributed by atoms with E-state index < -0.39 is 0 Å². The Kier molecular flexibility index (Phi) is 3.91. The first-order valence-corrected chi connectivity index (χ1v) is 8.11. The molecular weight excluding hydrogens is 364 g/mol. The summed E-state index contributed by atoms with van der Waals surface area (Å²) in [5.41, 5.74) is 2.46. The van der Waals surface area contributed by atoms with Gasteiger partial charge in [-0.3, -0.25) is 4.79 Å². The third-order valence-electron chi connectivity index (χ3n) is 2.85. The van der Waals surface area contributed by atoms with E-state index in [1.807, 2.05) is 16.0 Å². The Labute approximate surface area is 131 Å². The molecule has 0 radical (unpaired) electrons. The largest absolute Gasteiger partial charge is 0.315 e. The first-order valence-electron chi connectivity index (χ1n) is 5.90. The van der Waals surface area contributed by atoms with E-state index in [-0.39, 0.29) is 4.87 Å². The minimum Gasteiger partial charge on any atom is -0.315 e. The summed E-state index contributed by atoms with van der Waals surface area (Å²) < 4.78 is 2.87. The molecule has 0 atom stereocenters. The number of imidazole rings is 1. The zero-order valence-electron chi connectivity index (χ0n) is 10.3. The lowest BCUT2D eigenvalue weighted by molar-refractivity contribution is 0.733. The van der Waals surface area contributed by atoms with E-state index in [9.17, 15) is 4.79 Å². The third-order valence-corrected chi connectivity index (χ3v) is 4.19. The van der Waals surface area contributed by atoms with Gasteiger partial charge in [-0.2, -0.15) is 0 Å². The fourth-order valence-electron chi connectivity index (χ4n) is 2.04. The van der Waals surface area contributed by atoms with Crippen LogP contribution in [-0.2, 0) is 13.0 Å². The lowest BCUT2D eigenvalue weighted by atomic mass is 10.4. The van der Waals surface area contributed by atoms with Crippen LogP contribution >= 0.6 is 38.9 Å². The molecule has 0 amide bonds. The van der Waals surface area contributed by atoms with Gasteiger partial charge in [0.1, 0.15) is 11.3 Å². The summed E-state index contributed by atoms with van der Waals surface area (Å²) in [6, 6.07) is 1.92. The molecule has 0 aliphatic carbocycles. The number of thiazole rings is 1. The van der Waals surface area contributed by atoms with Crippen LogP contribution in [0.15, 0.2) is 26.9 Å². The maximum atomic E-state index is 11.2. The van der Waals surface area contributed by atoms with E-state index >= 15 is 0 Å². The van der Waals surface area contributed by atoms with Crippen LogP contribution in [0.25, 0.3) is 11.2 Å². The Morgan fingerprint density at radius 2 is 2.35 bits per heavy atom. The van der Waals surface area contributed by atoms with Gasteiger partial charge in [-0.25, -0.2) is 9.97 Å². The molecule has 1 N–H and O–H groups in total. The third kappa shape index (κ3) is 2.65. The summed E-state index contributed by atoms with van der Waals surface area (Å²) in [6.07, 6.45) is 2.39. The summed E-state index contributed by atoms with van der Waals surface area (Å²) in [7, 11) is 0. The van der Waals surface area contributed by atoms with Crippen molar-refractivity contribution < 1.29 is 0 Å². The van der Waals surface area contributed by atoms with Crippen molar-refractivity contribution >= 4 is 50.0 Å². The number of halogens is 2. The van der Waals surface area contributed by atoms with Crippen molar-refractivity contribution in [3.05, 3.63) is 43.3 Å². The second-order valence-electron chi connectivity index (χ2n) is 4.22. The summed E-state index contributed by atoms with van der Waals surface area (Å²) in [5.74, 6) is 1.36. The number of aromatic amines is 1. The Balaban J connectivity index is 2.10. The van der Waals surface area contributed by atoms with Gasteiger partial charge >= 0.3 is 4.87 Å². The molecule has 3 heterocycles. The Morgan fingerprint density at radius 3 is 3.05 bits per heavy atom. The number of alkyl halides is 1. The number of nitrogens with zero attached hydrogens (tertiary/aromatic N) is 3. The Bertz CT molecular complexity index is 809. The maximum Gasteiger partial charge on any atom is 0.304 e. The minimum atomic E-state index is -0.0565. The zero-order valence-corrected chi connectivity index (χ0v) is 13.4. The molecule has 3 aromatic heterocycles. The Morgan fingerprint density at radius 1 is 1.50 bits per heavy atom. The highest BCUT2D eigenvalue weighted by Crippen LogP contribution is 2.20. The van der Waals surface area contributed by atoms with Gasteiger partial charge in [-0.1, -0.05) is 11.3 Å². The molecular formula is C12H10BrClN4OS. The van der Waals surface area contributed by atoms with Gasteiger partial charge in [0.05, 0.1) is 6.54 Å². The molecule has 0 unspecified atom stereocenters. The van der Waals surface area contributed by atoms with Crippen LogP contribution in [0.4, 0.5) is 0 Å². The normalized spacial score (nSPS) is 11.3. The molecule has 0 aromatic carbocycles. The maximum absolute atomic E-state index is 11.2. The predicted octanol–water partition coefficient (Wildman–Crippen LogP) is 2.77. The van der Waals surface area contributed by atoms with E-state index in [1.54, 1.807) is 6.20 Å². The number of nitrogens with one attached hydrogen (secondary N) is 1. The SMILES string of the molecule is O=c1[nH]c(Cn2c(CCCl)nc3cc(Br)cnc32)cs1. The van der Waals surface area contributed by atoms with Crippen molar-refractivity contribution in [3.8, 4) is 0 Å². The standard InChI is InChI=1S/C12H10BrClN4OS/c13-7-3-9-11(15-4-7)18(10(17-9)1-2-14)5-8-6-20-12(19)16-8/h3-4,6H,1-2,5H2,(H,16,19).